The van der Waals surface area contributed by atoms with Crippen LogP contribution in [0.5, 0.6) is 0 Å². The van der Waals surface area contributed by atoms with E-state index in [1.807, 2.05) is 23.1 Å². The third kappa shape index (κ3) is 6.25. The van der Waals surface area contributed by atoms with Crippen LogP contribution in [-0.2, 0) is 10.9 Å². The predicted octanol–water partition coefficient (Wildman–Crippen LogP) is 5.92. The van der Waals surface area contributed by atoms with Crippen molar-refractivity contribution >= 4 is 34.8 Å². The topological polar surface area (TPSA) is 61.8 Å². The Morgan fingerprint density at radius 2 is 1.91 bits per heavy atom. The number of hydrogen-bond acceptors (Lipinski definition) is 4. The van der Waals surface area contributed by atoms with Gasteiger partial charge in [-0.2, -0.15) is 13.2 Å². The number of morpholine rings is 1. The molecule has 2 N–H and O–H groups in total. The second kappa shape index (κ2) is 11.3. The highest BCUT2D eigenvalue weighted by atomic mass is 35.5. The highest BCUT2D eigenvalue weighted by molar-refractivity contribution is 5.89. The number of rotatable bonds is 7. The SMILES string of the molecule is C[C@@H](NCCC1COCCN1c1cc(C(=O)O)cc(C(F)(F)F)c1)c1cccc2ccccc12.Cl. The van der Waals surface area contributed by atoms with Crippen LogP contribution >= 0.6 is 12.4 Å². The molecule has 0 aliphatic carbocycles. The van der Waals surface area contributed by atoms with Crippen molar-refractivity contribution in [1.29, 1.82) is 0 Å². The molecule has 0 amide bonds. The molecular formula is C26H28ClF3N2O3. The van der Waals surface area contributed by atoms with Crippen molar-refractivity contribution in [2.75, 3.05) is 31.2 Å². The maximum Gasteiger partial charge on any atom is 0.416 e. The van der Waals surface area contributed by atoms with Crippen molar-refractivity contribution in [2.24, 2.45) is 0 Å². The molecule has 5 nitrogen and oxygen atoms in total. The fourth-order valence-electron chi connectivity index (χ4n) is 4.50. The molecule has 1 saturated heterocycles. The molecule has 3 aromatic carbocycles. The number of ether oxygens (including phenoxy) is 1. The van der Waals surface area contributed by atoms with E-state index in [0.29, 0.717) is 38.8 Å². The van der Waals surface area contributed by atoms with E-state index in [2.05, 4.69) is 36.5 Å². The minimum Gasteiger partial charge on any atom is -0.478 e. The number of hydrogen-bond donors (Lipinski definition) is 2. The van der Waals surface area contributed by atoms with Gasteiger partial charge < -0.3 is 20.1 Å². The quantitative estimate of drug-likeness (QED) is 0.414. The molecule has 0 bridgehead atoms. The van der Waals surface area contributed by atoms with Gasteiger partial charge in [0.05, 0.1) is 30.4 Å². The number of carbonyl (C=O) groups is 1. The summed E-state index contributed by atoms with van der Waals surface area (Å²) in [6, 6.07) is 17.3. The van der Waals surface area contributed by atoms with Crippen molar-refractivity contribution in [3.05, 3.63) is 77.4 Å². The number of nitrogens with zero attached hydrogens (tertiary/aromatic N) is 1. The van der Waals surface area contributed by atoms with Crippen molar-refractivity contribution in [2.45, 2.75) is 31.6 Å². The first-order chi connectivity index (χ1) is 16.2. The Morgan fingerprint density at radius 3 is 2.66 bits per heavy atom. The summed E-state index contributed by atoms with van der Waals surface area (Å²) in [5, 5.41) is 15.2. The minimum absolute atomic E-state index is 0. The van der Waals surface area contributed by atoms with Crippen LogP contribution in [-0.4, -0.2) is 43.4 Å². The van der Waals surface area contributed by atoms with Crippen molar-refractivity contribution in [1.82, 2.24) is 5.32 Å². The number of carboxylic acid groups (broad SMARTS) is 1. The summed E-state index contributed by atoms with van der Waals surface area (Å²) in [4.78, 5) is 13.3. The molecule has 35 heavy (non-hydrogen) atoms. The number of nitrogens with one attached hydrogen (secondary N) is 1. The normalized spacial score (nSPS) is 17.1. The van der Waals surface area contributed by atoms with Crippen LogP contribution in [0.15, 0.2) is 60.7 Å². The van der Waals surface area contributed by atoms with Crippen LogP contribution in [0, 0.1) is 0 Å². The monoisotopic (exact) mass is 508 g/mol. The Bertz CT molecular complexity index is 1170. The lowest BCUT2D eigenvalue weighted by atomic mass is 9.99. The third-order valence-electron chi connectivity index (χ3n) is 6.27. The van der Waals surface area contributed by atoms with Gasteiger partial charge >= 0.3 is 12.1 Å². The lowest BCUT2D eigenvalue weighted by Gasteiger charge is -2.38. The van der Waals surface area contributed by atoms with E-state index < -0.39 is 17.7 Å². The highest BCUT2D eigenvalue weighted by Gasteiger charge is 2.33. The maximum absolute atomic E-state index is 13.4. The molecule has 0 spiro atoms. The van der Waals surface area contributed by atoms with Crippen LogP contribution in [0.4, 0.5) is 18.9 Å². The van der Waals surface area contributed by atoms with Crippen LogP contribution in [0.1, 0.15) is 40.9 Å². The van der Waals surface area contributed by atoms with Gasteiger partial charge in [-0.25, -0.2) is 4.79 Å². The zero-order chi connectivity index (χ0) is 24.3. The molecule has 1 aliphatic heterocycles. The van der Waals surface area contributed by atoms with Gasteiger partial charge in [0.2, 0.25) is 0 Å². The number of halogens is 4. The molecule has 0 radical (unpaired) electrons. The summed E-state index contributed by atoms with van der Waals surface area (Å²) in [7, 11) is 0. The second-order valence-electron chi connectivity index (χ2n) is 8.53. The fraction of sp³-hybridized carbons (Fsp3) is 0.346. The molecule has 1 heterocycles. The molecule has 9 heteroatoms. The molecule has 1 fully saturated rings. The van der Waals surface area contributed by atoms with E-state index in [9.17, 15) is 23.1 Å². The lowest BCUT2D eigenvalue weighted by Crippen LogP contribution is -2.47. The molecule has 1 unspecified atom stereocenters. The van der Waals surface area contributed by atoms with Gasteiger partial charge in [-0.05, 0) is 54.4 Å². The summed E-state index contributed by atoms with van der Waals surface area (Å²) in [6.07, 6.45) is -3.99. The highest BCUT2D eigenvalue weighted by Crippen LogP contribution is 2.34. The molecular weight excluding hydrogens is 481 g/mol. The Labute approximate surface area is 208 Å². The summed E-state index contributed by atoms with van der Waals surface area (Å²) >= 11 is 0. The zero-order valence-corrected chi connectivity index (χ0v) is 20.0. The minimum atomic E-state index is -4.63. The van der Waals surface area contributed by atoms with Crippen LogP contribution in [0.25, 0.3) is 10.8 Å². The zero-order valence-electron chi connectivity index (χ0n) is 19.2. The number of fused-ring (bicyclic) bond motifs is 1. The summed E-state index contributed by atoms with van der Waals surface area (Å²) in [6.45, 7) is 3.84. The fourth-order valence-corrected chi connectivity index (χ4v) is 4.50. The van der Waals surface area contributed by atoms with E-state index in [4.69, 9.17) is 4.74 Å². The first-order valence-electron chi connectivity index (χ1n) is 11.2. The van der Waals surface area contributed by atoms with Crippen LogP contribution in [0.3, 0.4) is 0 Å². The van der Waals surface area contributed by atoms with Crippen molar-refractivity contribution in [3.63, 3.8) is 0 Å². The van der Waals surface area contributed by atoms with E-state index >= 15 is 0 Å². The Kier molecular flexibility index (Phi) is 8.64. The van der Waals surface area contributed by atoms with Crippen molar-refractivity contribution in [3.8, 4) is 0 Å². The number of benzene rings is 3. The molecule has 4 rings (SSSR count). The Balaban J connectivity index is 0.00000342. The van der Waals surface area contributed by atoms with Gasteiger partial charge in [-0.15, -0.1) is 12.4 Å². The van der Waals surface area contributed by atoms with Crippen LogP contribution < -0.4 is 10.2 Å². The number of anilines is 1. The average Bonchev–Trinajstić information content (AvgIpc) is 2.83. The summed E-state index contributed by atoms with van der Waals surface area (Å²) < 4.78 is 45.8. The predicted molar refractivity (Wildman–Crippen MR) is 133 cm³/mol. The first-order valence-corrected chi connectivity index (χ1v) is 11.2. The van der Waals surface area contributed by atoms with Gasteiger partial charge in [-0.3, -0.25) is 0 Å². The lowest BCUT2D eigenvalue weighted by molar-refractivity contribution is -0.137. The maximum atomic E-state index is 13.4. The Morgan fingerprint density at radius 1 is 1.17 bits per heavy atom. The molecule has 188 valence electrons. The molecule has 2 atom stereocenters. The average molecular weight is 509 g/mol. The van der Waals surface area contributed by atoms with E-state index in [1.54, 1.807) is 0 Å². The van der Waals surface area contributed by atoms with Crippen LogP contribution in [0.2, 0.25) is 0 Å². The number of aromatic carboxylic acids is 1. The van der Waals surface area contributed by atoms with Gasteiger partial charge in [0.15, 0.2) is 0 Å². The largest absolute Gasteiger partial charge is 0.478 e. The second-order valence-corrected chi connectivity index (χ2v) is 8.53. The smallest absolute Gasteiger partial charge is 0.416 e. The summed E-state index contributed by atoms with van der Waals surface area (Å²) in [5.41, 5.74) is 0.0922. The summed E-state index contributed by atoms with van der Waals surface area (Å²) in [5.74, 6) is -1.39. The number of alkyl halides is 3. The molecule has 3 aromatic rings. The van der Waals surface area contributed by atoms with E-state index in [1.165, 1.54) is 22.4 Å². The van der Waals surface area contributed by atoms with Gasteiger partial charge in [0, 0.05) is 18.3 Å². The van der Waals surface area contributed by atoms with Gasteiger partial charge in [-0.1, -0.05) is 42.5 Å². The third-order valence-corrected chi connectivity index (χ3v) is 6.27. The van der Waals surface area contributed by atoms with E-state index in [-0.39, 0.29) is 35.7 Å². The Hall–Kier alpha value is -2.81. The standard InChI is InChI=1S/C26H27F3N2O3.ClH/c1-17(23-8-4-6-18-5-2-3-7-24(18)23)30-10-9-21-16-34-12-11-31(21)22-14-19(25(32)33)13-20(15-22)26(27,28)29;/h2-8,13-15,17,21,30H,9-12,16H2,1H3,(H,32,33);1H/t17-,21?;/m1./s1. The number of carboxylic acids is 1. The molecule has 0 aromatic heterocycles. The van der Waals surface area contributed by atoms with Gasteiger partial charge in [0.1, 0.15) is 0 Å². The molecule has 0 saturated carbocycles. The van der Waals surface area contributed by atoms with Gasteiger partial charge in [0.25, 0.3) is 0 Å². The first kappa shape index (κ1) is 26.8. The van der Waals surface area contributed by atoms with E-state index in [0.717, 1.165) is 6.07 Å². The van der Waals surface area contributed by atoms with Crippen molar-refractivity contribution < 1.29 is 27.8 Å². The molecule has 1 aliphatic rings.